The number of ether oxygens (including phenoxy) is 1. The van der Waals surface area contributed by atoms with Crippen LogP contribution in [0, 0.1) is 5.92 Å². The van der Waals surface area contributed by atoms with Gasteiger partial charge in [0.2, 0.25) is 15.9 Å². The van der Waals surface area contributed by atoms with Crippen molar-refractivity contribution in [1.82, 2.24) is 4.31 Å². The number of nitrogens with one attached hydrogen (secondary N) is 1. The molecule has 1 fully saturated rings. The van der Waals surface area contributed by atoms with Crippen molar-refractivity contribution < 1.29 is 17.9 Å². The van der Waals surface area contributed by atoms with Gasteiger partial charge < -0.3 is 10.1 Å². The van der Waals surface area contributed by atoms with Crippen molar-refractivity contribution in [3.8, 4) is 5.75 Å². The van der Waals surface area contributed by atoms with Crippen molar-refractivity contribution in [2.24, 2.45) is 5.92 Å². The first kappa shape index (κ1) is 22.6. The molecular formula is C22H27ClN2O4S. The van der Waals surface area contributed by atoms with E-state index in [9.17, 15) is 13.2 Å². The molecule has 1 aliphatic rings. The number of benzene rings is 2. The Hall–Kier alpha value is -2.09. The Morgan fingerprint density at radius 2 is 1.90 bits per heavy atom. The van der Waals surface area contributed by atoms with Crippen LogP contribution in [0.15, 0.2) is 48.5 Å². The van der Waals surface area contributed by atoms with Gasteiger partial charge in [0.15, 0.2) is 0 Å². The van der Waals surface area contributed by atoms with Crippen molar-refractivity contribution in [2.45, 2.75) is 38.5 Å². The fourth-order valence-electron chi connectivity index (χ4n) is 3.45. The summed E-state index contributed by atoms with van der Waals surface area (Å²) >= 11 is 6.12. The molecule has 1 atom stereocenters. The molecule has 8 heteroatoms. The standard InChI is InChI=1S/C22H27ClN2O4S/c1-16(2)29-20-11-9-19(10-12-20)24-22(26)17-7-5-13-25(14-17)30(27,28)15-18-6-3-4-8-21(18)23/h3-4,6,8-12,16-17H,5,7,13-15H2,1-2H3,(H,24,26). The van der Waals surface area contributed by atoms with Crippen LogP contribution in [0.2, 0.25) is 5.02 Å². The van der Waals surface area contributed by atoms with Gasteiger partial charge in [-0.2, -0.15) is 0 Å². The van der Waals surface area contributed by atoms with Crippen molar-refractivity contribution in [3.05, 3.63) is 59.1 Å². The van der Waals surface area contributed by atoms with E-state index >= 15 is 0 Å². The van der Waals surface area contributed by atoms with Crippen LogP contribution in [0.1, 0.15) is 32.3 Å². The third-order valence-electron chi connectivity index (χ3n) is 4.94. The quantitative estimate of drug-likeness (QED) is 0.682. The van der Waals surface area contributed by atoms with Crippen molar-refractivity contribution in [2.75, 3.05) is 18.4 Å². The minimum atomic E-state index is -3.56. The summed E-state index contributed by atoms with van der Waals surface area (Å²) in [5, 5.41) is 3.31. The van der Waals surface area contributed by atoms with E-state index in [1.165, 1.54) is 4.31 Å². The minimum Gasteiger partial charge on any atom is -0.491 e. The topological polar surface area (TPSA) is 75.7 Å². The van der Waals surface area contributed by atoms with E-state index in [2.05, 4.69) is 5.32 Å². The molecule has 0 saturated carbocycles. The molecule has 0 spiro atoms. The zero-order valence-corrected chi connectivity index (χ0v) is 18.7. The molecule has 0 aliphatic carbocycles. The lowest BCUT2D eigenvalue weighted by atomic mass is 9.99. The number of piperidine rings is 1. The first-order chi connectivity index (χ1) is 14.2. The molecule has 0 bridgehead atoms. The number of carbonyl (C=O) groups excluding carboxylic acids is 1. The van der Waals surface area contributed by atoms with Gasteiger partial charge in [-0.1, -0.05) is 29.8 Å². The fraction of sp³-hybridized carbons (Fsp3) is 0.409. The van der Waals surface area contributed by atoms with Crippen molar-refractivity contribution in [1.29, 1.82) is 0 Å². The van der Waals surface area contributed by atoms with Crippen LogP contribution in [0.5, 0.6) is 5.75 Å². The van der Waals surface area contributed by atoms with Gasteiger partial charge in [0.25, 0.3) is 0 Å². The molecule has 162 valence electrons. The van der Waals surface area contributed by atoms with Crippen molar-refractivity contribution >= 4 is 33.2 Å². The molecular weight excluding hydrogens is 424 g/mol. The Morgan fingerprint density at radius 1 is 1.20 bits per heavy atom. The number of hydrogen-bond acceptors (Lipinski definition) is 4. The summed E-state index contributed by atoms with van der Waals surface area (Å²) in [7, 11) is -3.56. The SMILES string of the molecule is CC(C)Oc1ccc(NC(=O)C2CCCN(S(=O)(=O)Cc3ccccc3Cl)C2)cc1. The highest BCUT2D eigenvalue weighted by atomic mass is 35.5. The molecule has 1 amide bonds. The summed E-state index contributed by atoms with van der Waals surface area (Å²) in [4.78, 5) is 12.7. The zero-order chi connectivity index (χ0) is 21.7. The lowest BCUT2D eigenvalue weighted by Crippen LogP contribution is -2.44. The minimum absolute atomic E-state index is 0.0754. The highest BCUT2D eigenvalue weighted by molar-refractivity contribution is 7.88. The molecule has 1 saturated heterocycles. The highest BCUT2D eigenvalue weighted by Crippen LogP contribution is 2.25. The Kier molecular flexibility index (Phi) is 7.39. The number of rotatable bonds is 7. The van der Waals surface area contributed by atoms with Gasteiger partial charge in [0.05, 0.1) is 17.8 Å². The van der Waals surface area contributed by atoms with Crippen molar-refractivity contribution in [3.63, 3.8) is 0 Å². The van der Waals surface area contributed by atoms with Gasteiger partial charge in [-0.15, -0.1) is 0 Å². The predicted molar refractivity (Wildman–Crippen MR) is 119 cm³/mol. The summed E-state index contributed by atoms with van der Waals surface area (Å²) in [6.45, 7) is 4.49. The molecule has 1 unspecified atom stereocenters. The Balaban J connectivity index is 1.62. The van der Waals surface area contributed by atoms with Crippen LogP contribution >= 0.6 is 11.6 Å². The fourth-order valence-corrected chi connectivity index (χ4v) is 5.37. The number of amides is 1. The second-order valence-electron chi connectivity index (χ2n) is 7.73. The first-order valence-corrected chi connectivity index (χ1v) is 12.0. The van der Waals surface area contributed by atoms with Gasteiger partial charge >= 0.3 is 0 Å². The van der Waals surface area contributed by atoms with Crippen LogP contribution in [0.4, 0.5) is 5.69 Å². The lowest BCUT2D eigenvalue weighted by molar-refractivity contribution is -0.120. The summed E-state index contributed by atoms with van der Waals surface area (Å²) in [6, 6.07) is 14.1. The molecule has 6 nitrogen and oxygen atoms in total. The summed E-state index contributed by atoms with van der Waals surface area (Å²) in [5.74, 6) is -0.00718. The number of sulfonamides is 1. The van der Waals surface area contributed by atoms with Crippen LogP contribution in [-0.2, 0) is 20.6 Å². The molecule has 2 aromatic rings. The smallest absolute Gasteiger partial charge is 0.228 e. The largest absolute Gasteiger partial charge is 0.491 e. The number of carbonyl (C=O) groups is 1. The molecule has 1 N–H and O–H groups in total. The zero-order valence-electron chi connectivity index (χ0n) is 17.2. The number of halogens is 1. The third-order valence-corrected chi connectivity index (χ3v) is 7.10. The van der Waals surface area contributed by atoms with Crippen LogP contribution in [-0.4, -0.2) is 37.8 Å². The summed E-state index contributed by atoms with van der Waals surface area (Å²) in [6.07, 6.45) is 1.37. The molecule has 2 aromatic carbocycles. The van der Waals surface area contributed by atoms with E-state index in [1.54, 1.807) is 48.5 Å². The van der Waals surface area contributed by atoms with Crippen LogP contribution in [0.25, 0.3) is 0 Å². The molecule has 0 radical (unpaired) electrons. The van der Waals surface area contributed by atoms with E-state index < -0.39 is 15.9 Å². The average molecular weight is 451 g/mol. The van der Waals surface area contributed by atoms with Gasteiger partial charge in [-0.3, -0.25) is 4.79 Å². The summed E-state index contributed by atoms with van der Waals surface area (Å²) < 4.78 is 32.8. The molecule has 3 rings (SSSR count). The van der Waals surface area contributed by atoms with E-state index in [-0.39, 0.29) is 24.3 Å². The maximum Gasteiger partial charge on any atom is 0.228 e. The van der Waals surface area contributed by atoms with Gasteiger partial charge in [-0.25, -0.2) is 12.7 Å². The second kappa shape index (κ2) is 9.81. The maximum absolute atomic E-state index is 12.9. The van der Waals surface area contributed by atoms with Gasteiger partial charge in [0.1, 0.15) is 5.75 Å². The van der Waals surface area contributed by atoms with E-state index in [1.807, 2.05) is 13.8 Å². The summed E-state index contributed by atoms with van der Waals surface area (Å²) in [5.41, 5.74) is 1.22. The van der Waals surface area contributed by atoms with E-state index in [4.69, 9.17) is 16.3 Å². The maximum atomic E-state index is 12.9. The number of hydrogen-bond donors (Lipinski definition) is 1. The molecule has 1 heterocycles. The van der Waals surface area contributed by atoms with Crippen LogP contribution < -0.4 is 10.1 Å². The second-order valence-corrected chi connectivity index (χ2v) is 10.1. The van der Waals surface area contributed by atoms with Gasteiger partial charge in [-0.05, 0) is 62.6 Å². The Labute approximate surface area is 183 Å². The predicted octanol–water partition coefficient (Wildman–Crippen LogP) is 4.31. The highest BCUT2D eigenvalue weighted by Gasteiger charge is 2.32. The first-order valence-electron chi connectivity index (χ1n) is 10.0. The Morgan fingerprint density at radius 3 is 2.57 bits per heavy atom. The van der Waals surface area contributed by atoms with Crippen LogP contribution in [0.3, 0.4) is 0 Å². The lowest BCUT2D eigenvalue weighted by Gasteiger charge is -2.31. The number of nitrogens with zero attached hydrogens (tertiary/aromatic N) is 1. The number of anilines is 1. The normalized spacial score (nSPS) is 17.7. The monoisotopic (exact) mass is 450 g/mol. The van der Waals surface area contributed by atoms with Gasteiger partial charge in [0, 0.05) is 23.8 Å². The van der Waals surface area contributed by atoms with E-state index in [0.29, 0.717) is 35.7 Å². The third kappa shape index (κ3) is 5.97. The molecule has 0 aromatic heterocycles. The Bertz CT molecular complexity index is 977. The molecule has 30 heavy (non-hydrogen) atoms. The van der Waals surface area contributed by atoms with E-state index in [0.717, 1.165) is 5.75 Å². The average Bonchev–Trinajstić information content (AvgIpc) is 2.71. The molecule has 1 aliphatic heterocycles.